The molecule has 3 N–H and O–H groups in total. The molecule has 104 valence electrons. The van der Waals surface area contributed by atoms with E-state index in [-0.39, 0.29) is 19.0 Å². The minimum atomic E-state index is -0.865. The summed E-state index contributed by atoms with van der Waals surface area (Å²) in [5.74, 6) is -0.141. The normalized spacial score (nSPS) is 20.7. The predicted octanol–water partition coefficient (Wildman–Crippen LogP) is 1.28. The monoisotopic (exact) mass is 264 g/mol. The SMILES string of the molecule is Cc1cc2c(c(CO)c1CCO)C(=O)C(C)(C)[C@H]2O. The zero-order valence-electron chi connectivity index (χ0n) is 11.5. The third-order valence-electron chi connectivity index (χ3n) is 4.11. The number of aliphatic hydroxyl groups is 3. The van der Waals surface area contributed by atoms with Crippen molar-refractivity contribution in [2.75, 3.05) is 6.61 Å². The van der Waals surface area contributed by atoms with Crippen molar-refractivity contribution in [3.63, 3.8) is 0 Å². The lowest BCUT2D eigenvalue weighted by atomic mass is 9.86. The molecule has 0 heterocycles. The second-order valence-corrected chi connectivity index (χ2v) is 5.70. The Morgan fingerprint density at radius 1 is 1.26 bits per heavy atom. The summed E-state index contributed by atoms with van der Waals surface area (Å²) in [7, 11) is 0. The maximum Gasteiger partial charge on any atom is 0.172 e. The summed E-state index contributed by atoms with van der Waals surface area (Å²) in [6.45, 7) is 5.00. The van der Waals surface area contributed by atoms with Gasteiger partial charge in [-0.1, -0.05) is 6.07 Å². The highest BCUT2D eigenvalue weighted by atomic mass is 16.3. The number of fused-ring (bicyclic) bond motifs is 1. The van der Waals surface area contributed by atoms with Crippen LogP contribution >= 0.6 is 0 Å². The lowest BCUT2D eigenvalue weighted by Crippen LogP contribution is -2.24. The summed E-state index contributed by atoms with van der Waals surface area (Å²) in [5, 5.41) is 29.0. The van der Waals surface area contributed by atoms with E-state index in [4.69, 9.17) is 5.11 Å². The zero-order valence-corrected chi connectivity index (χ0v) is 11.5. The number of hydrogen-bond donors (Lipinski definition) is 3. The fraction of sp³-hybridized carbons (Fsp3) is 0.533. The molecule has 0 saturated carbocycles. The van der Waals surface area contributed by atoms with Gasteiger partial charge >= 0.3 is 0 Å². The molecule has 0 aromatic heterocycles. The number of Topliss-reactive ketones (excluding diaryl/α,β-unsaturated/α-hetero) is 1. The van der Waals surface area contributed by atoms with Crippen LogP contribution in [0.3, 0.4) is 0 Å². The first-order valence-corrected chi connectivity index (χ1v) is 6.46. The van der Waals surface area contributed by atoms with Gasteiger partial charge in [-0.3, -0.25) is 4.79 Å². The Bertz CT molecular complexity index is 531. The molecule has 1 aliphatic rings. The van der Waals surface area contributed by atoms with Gasteiger partial charge in [-0.25, -0.2) is 0 Å². The highest BCUT2D eigenvalue weighted by molar-refractivity contribution is 6.06. The van der Waals surface area contributed by atoms with Crippen molar-refractivity contribution in [2.24, 2.45) is 5.41 Å². The average molecular weight is 264 g/mol. The summed E-state index contributed by atoms with van der Waals surface area (Å²) in [6.07, 6.45) is -0.444. The Labute approximate surface area is 112 Å². The first-order chi connectivity index (χ1) is 8.86. The number of rotatable bonds is 3. The molecule has 0 spiro atoms. The number of carbonyl (C=O) groups is 1. The summed E-state index contributed by atoms with van der Waals surface area (Å²) < 4.78 is 0. The predicted molar refractivity (Wildman–Crippen MR) is 71.0 cm³/mol. The largest absolute Gasteiger partial charge is 0.396 e. The fourth-order valence-corrected chi connectivity index (χ4v) is 2.91. The van der Waals surface area contributed by atoms with Crippen molar-refractivity contribution in [1.82, 2.24) is 0 Å². The number of carbonyl (C=O) groups excluding carboxylic acids is 1. The van der Waals surface area contributed by atoms with Crippen LogP contribution in [0.25, 0.3) is 0 Å². The maximum atomic E-state index is 12.4. The van der Waals surface area contributed by atoms with E-state index in [0.717, 1.165) is 11.1 Å². The van der Waals surface area contributed by atoms with Crippen LogP contribution in [0, 0.1) is 12.3 Å². The summed E-state index contributed by atoms with van der Waals surface area (Å²) in [6, 6.07) is 1.80. The van der Waals surface area contributed by atoms with E-state index < -0.39 is 11.5 Å². The van der Waals surface area contributed by atoms with Crippen LogP contribution in [-0.4, -0.2) is 27.7 Å². The Morgan fingerprint density at radius 3 is 2.42 bits per heavy atom. The lowest BCUT2D eigenvalue weighted by molar-refractivity contribution is 0.0491. The summed E-state index contributed by atoms with van der Waals surface area (Å²) >= 11 is 0. The second-order valence-electron chi connectivity index (χ2n) is 5.70. The number of aliphatic hydroxyl groups excluding tert-OH is 3. The Morgan fingerprint density at radius 2 is 1.89 bits per heavy atom. The Balaban J connectivity index is 2.73. The molecule has 0 radical (unpaired) electrons. The van der Waals surface area contributed by atoms with Crippen molar-refractivity contribution < 1.29 is 20.1 Å². The van der Waals surface area contributed by atoms with Crippen LogP contribution in [0.1, 0.15) is 52.6 Å². The van der Waals surface area contributed by atoms with Gasteiger partial charge in [0.2, 0.25) is 0 Å². The molecule has 19 heavy (non-hydrogen) atoms. The van der Waals surface area contributed by atoms with Crippen LogP contribution in [-0.2, 0) is 13.0 Å². The van der Waals surface area contributed by atoms with Gasteiger partial charge in [-0.2, -0.15) is 0 Å². The Kier molecular flexibility index (Phi) is 3.51. The summed E-state index contributed by atoms with van der Waals surface area (Å²) in [4.78, 5) is 12.4. The minimum absolute atomic E-state index is 0.0350. The lowest BCUT2D eigenvalue weighted by Gasteiger charge is -2.20. The number of hydrogen-bond acceptors (Lipinski definition) is 4. The molecule has 0 aliphatic heterocycles. The van der Waals surface area contributed by atoms with Gasteiger partial charge in [0.1, 0.15) is 0 Å². The average Bonchev–Trinajstić information content (AvgIpc) is 2.53. The highest BCUT2D eigenvalue weighted by Gasteiger charge is 2.47. The van der Waals surface area contributed by atoms with Crippen molar-refractivity contribution >= 4 is 5.78 Å². The van der Waals surface area contributed by atoms with Crippen LogP contribution in [0.15, 0.2) is 6.07 Å². The number of benzene rings is 1. The topological polar surface area (TPSA) is 77.8 Å². The standard InChI is InChI=1S/C15H20O4/c1-8-6-10-12(11(7-17)9(8)4-5-16)14(19)15(2,3)13(10)18/h6,13,16-18H,4-5,7H2,1-3H3/t13-/m0/s1. The van der Waals surface area contributed by atoms with E-state index in [1.807, 2.05) is 6.92 Å². The van der Waals surface area contributed by atoms with E-state index >= 15 is 0 Å². The molecule has 1 aromatic carbocycles. The van der Waals surface area contributed by atoms with Crippen molar-refractivity contribution in [2.45, 2.75) is 39.9 Å². The van der Waals surface area contributed by atoms with Crippen LogP contribution in [0.5, 0.6) is 0 Å². The molecular weight excluding hydrogens is 244 g/mol. The van der Waals surface area contributed by atoms with Gasteiger partial charge in [-0.05, 0) is 49.4 Å². The highest BCUT2D eigenvalue weighted by Crippen LogP contribution is 2.47. The second kappa shape index (κ2) is 4.71. The first kappa shape index (κ1) is 14.2. The van der Waals surface area contributed by atoms with Gasteiger partial charge in [0.05, 0.1) is 18.1 Å². The molecule has 0 amide bonds. The van der Waals surface area contributed by atoms with Gasteiger partial charge in [0.25, 0.3) is 0 Å². The molecule has 0 unspecified atom stereocenters. The third-order valence-corrected chi connectivity index (χ3v) is 4.11. The molecule has 4 nitrogen and oxygen atoms in total. The molecule has 4 heteroatoms. The third kappa shape index (κ3) is 1.91. The van der Waals surface area contributed by atoms with Crippen LogP contribution in [0.2, 0.25) is 0 Å². The zero-order chi connectivity index (χ0) is 14.4. The number of ketones is 1. The van der Waals surface area contributed by atoms with E-state index in [0.29, 0.717) is 23.1 Å². The van der Waals surface area contributed by atoms with E-state index in [1.165, 1.54) is 0 Å². The molecule has 1 aliphatic carbocycles. The van der Waals surface area contributed by atoms with Crippen molar-refractivity contribution in [3.8, 4) is 0 Å². The van der Waals surface area contributed by atoms with Gasteiger partial charge in [-0.15, -0.1) is 0 Å². The van der Waals surface area contributed by atoms with Crippen molar-refractivity contribution in [3.05, 3.63) is 33.9 Å². The molecule has 1 atom stereocenters. The van der Waals surface area contributed by atoms with Gasteiger partial charge in [0, 0.05) is 12.2 Å². The molecule has 0 saturated heterocycles. The summed E-state index contributed by atoms with van der Waals surface area (Å²) in [5.41, 5.74) is 2.42. The smallest absolute Gasteiger partial charge is 0.172 e. The quantitative estimate of drug-likeness (QED) is 0.768. The van der Waals surface area contributed by atoms with Gasteiger partial charge in [0.15, 0.2) is 5.78 Å². The van der Waals surface area contributed by atoms with Gasteiger partial charge < -0.3 is 15.3 Å². The molecule has 1 aromatic rings. The molecule has 0 fully saturated rings. The first-order valence-electron chi connectivity index (χ1n) is 6.46. The molecular formula is C15H20O4. The van der Waals surface area contributed by atoms with Crippen LogP contribution < -0.4 is 0 Å². The van der Waals surface area contributed by atoms with Crippen molar-refractivity contribution in [1.29, 1.82) is 0 Å². The minimum Gasteiger partial charge on any atom is -0.396 e. The van der Waals surface area contributed by atoms with E-state index in [1.54, 1.807) is 19.9 Å². The molecule has 2 rings (SSSR count). The van der Waals surface area contributed by atoms with E-state index in [9.17, 15) is 15.0 Å². The Hall–Kier alpha value is -1.23. The molecule has 0 bridgehead atoms. The van der Waals surface area contributed by atoms with Crippen LogP contribution in [0.4, 0.5) is 0 Å². The number of aryl methyl sites for hydroxylation is 1. The van der Waals surface area contributed by atoms with E-state index in [2.05, 4.69) is 0 Å². The fourth-order valence-electron chi connectivity index (χ4n) is 2.91. The maximum absolute atomic E-state index is 12.4.